The Bertz CT molecular complexity index is 775. The van der Waals surface area contributed by atoms with Crippen molar-refractivity contribution in [3.05, 3.63) is 76.9 Å². The number of esters is 1. The first-order valence-corrected chi connectivity index (χ1v) is 10.2. The van der Waals surface area contributed by atoms with Crippen molar-refractivity contribution in [3.8, 4) is 0 Å². The van der Waals surface area contributed by atoms with Crippen LogP contribution in [0.4, 0.5) is 0 Å². The van der Waals surface area contributed by atoms with Crippen LogP contribution in [0.25, 0.3) is 6.08 Å². The molecule has 0 N–H and O–H groups in total. The van der Waals surface area contributed by atoms with Gasteiger partial charge in [0, 0.05) is 5.92 Å². The third-order valence-corrected chi connectivity index (χ3v) is 4.58. The van der Waals surface area contributed by atoms with Gasteiger partial charge in [0.05, 0.1) is 12.2 Å². The second-order valence-corrected chi connectivity index (χ2v) is 9.16. The summed E-state index contributed by atoms with van der Waals surface area (Å²) >= 11 is 0. The fraction of sp³-hybridized carbons (Fsp3) is 0.423. The Hall–Kier alpha value is -2.35. The van der Waals surface area contributed by atoms with E-state index in [1.54, 1.807) is 0 Å². The van der Waals surface area contributed by atoms with Crippen LogP contribution in [0.15, 0.2) is 54.6 Å². The highest BCUT2D eigenvalue weighted by Crippen LogP contribution is 2.20. The summed E-state index contributed by atoms with van der Waals surface area (Å²) in [5.41, 5.74) is 4.36. The zero-order valence-corrected chi connectivity index (χ0v) is 18.2. The van der Waals surface area contributed by atoms with Crippen LogP contribution in [0.3, 0.4) is 0 Å². The van der Waals surface area contributed by atoms with Crippen molar-refractivity contribution in [2.75, 3.05) is 6.61 Å². The van der Waals surface area contributed by atoms with Gasteiger partial charge >= 0.3 is 5.97 Å². The SMILES string of the molecule is CC(C)Cc1ccc(C(C)COC(=O)c2ccc(/C=C/C(C)(C)C)cc2)cc1. The monoisotopic (exact) mass is 378 g/mol. The van der Waals surface area contributed by atoms with E-state index in [0.29, 0.717) is 18.1 Å². The van der Waals surface area contributed by atoms with Gasteiger partial charge in [-0.1, -0.05) is 90.1 Å². The average molecular weight is 379 g/mol. The summed E-state index contributed by atoms with van der Waals surface area (Å²) in [6.45, 7) is 13.4. The Kier molecular flexibility index (Phi) is 7.62. The quantitative estimate of drug-likeness (QED) is 0.490. The molecule has 0 aliphatic rings. The van der Waals surface area contributed by atoms with Crippen molar-refractivity contribution in [1.29, 1.82) is 0 Å². The highest BCUT2D eigenvalue weighted by Gasteiger charge is 2.12. The summed E-state index contributed by atoms with van der Waals surface area (Å²) in [5, 5.41) is 0. The normalized spacial score (nSPS) is 13.1. The molecule has 0 radical (unpaired) electrons. The molecule has 0 heterocycles. The topological polar surface area (TPSA) is 26.3 Å². The lowest BCUT2D eigenvalue weighted by atomic mass is 9.95. The lowest BCUT2D eigenvalue weighted by Gasteiger charge is -2.14. The smallest absolute Gasteiger partial charge is 0.338 e. The van der Waals surface area contributed by atoms with Crippen LogP contribution in [-0.2, 0) is 11.2 Å². The lowest BCUT2D eigenvalue weighted by molar-refractivity contribution is 0.0485. The first-order chi connectivity index (χ1) is 13.1. The number of carbonyl (C=O) groups is 1. The third kappa shape index (κ3) is 7.34. The average Bonchev–Trinajstić information content (AvgIpc) is 2.64. The molecule has 1 atom stereocenters. The van der Waals surface area contributed by atoms with Gasteiger partial charge in [0.1, 0.15) is 0 Å². The summed E-state index contributed by atoms with van der Waals surface area (Å²) in [6.07, 6.45) is 5.33. The molecule has 2 rings (SSSR count). The van der Waals surface area contributed by atoms with Crippen molar-refractivity contribution in [3.63, 3.8) is 0 Å². The van der Waals surface area contributed by atoms with Crippen molar-refractivity contribution < 1.29 is 9.53 Å². The minimum absolute atomic E-state index is 0.140. The van der Waals surface area contributed by atoms with E-state index in [2.05, 4.69) is 78.0 Å². The van der Waals surface area contributed by atoms with Gasteiger partial charge in [-0.15, -0.1) is 0 Å². The summed E-state index contributed by atoms with van der Waals surface area (Å²) < 4.78 is 5.54. The molecule has 0 amide bonds. The third-order valence-electron chi connectivity index (χ3n) is 4.58. The Balaban J connectivity index is 1.89. The van der Waals surface area contributed by atoms with E-state index in [1.807, 2.05) is 24.3 Å². The number of benzene rings is 2. The number of hydrogen-bond acceptors (Lipinski definition) is 2. The van der Waals surface area contributed by atoms with Gasteiger partial charge in [0.15, 0.2) is 0 Å². The molecule has 150 valence electrons. The molecule has 0 aliphatic carbocycles. The first kappa shape index (κ1) is 21.9. The van der Waals surface area contributed by atoms with Gasteiger partial charge in [-0.05, 0) is 46.6 Å². The van der Waals surface area contributed by atoms with E-state index in [0.717, 1.165) is 12.0 Å². The molecule has 28 heavy (non-hydrogen) atoms. The Morgan fingerprint density at radius 1 is 0.964 bits per heavy atom. The molecule has 0 saturated carbocycles. The number of hydrogen-bond donors (Lipinski definition) is 0. The van der Waals surface area contributed by atoms with Gasteiger partial charge in [-0.2, -0.15) is 0 Å². The van der Waals surface area contributed by atoms with Gasteiger partial charge in [-0.3, -0.25) is 0 Å². The summed E-state index contributed by atoms with van der Waals surface area (Å²) in [6, 6.07) is 16.2. The molecular formula is C26H34O2. The lowest BCUT2D eigenvalue weighted by Crippen LogP contribution is -2.11. The molecular weight excluding hydrogens is 344 g/mol. The predicted molar refractivity (Wildman–Crippen MR) is 119 cm³/mol. The van der Waals surface area contributed by atoms with Gasteiger partial charge in [0.25, 0.3) is 0 Å². The van der Waals surface area contributed by atoms with Crippen molar-refractivity contribution in [2.45, 2.75) is 53.9 Å². The van der Waals surface area contributed by atoms with Crippen LogP contribution in [-0.4, -0.2) is 12.6 Å². The maximum Gasteiger partial charge on any atom is 0.338 e. The molecule has 0 bridgehead atoms. The number of allylic oxidation sites excluding steroid dienone is 1. The van der Waals surface area contributed by atoms with Crippen LogP contribution in [0, 0.1) is 11.3 Å². The first-order valence-electron chi connectivity index (χ1n) is 10.2. The molecule has 0 fully saturated rings. The van der Waals surface area contributed by atoms with Crippen LogP contribution >= 0.6 is 0 Å². The van der Waals surface area contributed by atoms with Crippen LogP contribution < -0.4 is 0 Å². The Labute approximate surface area is 170 Å². The minimum Gasteiger partial charge on any atom is -0.461 e. The zero-order valence-electron chi connectivity index (χ0n) is 18.2. The Morgan fingerprint density at radius 3 is 2.11 bits per heavy atom. The number of ether oxygens (including phenoxy) is 1. The molecule has 0 aliphatic heterocycles. The second kappa shape index (κ2) is 9.73. The van der Waals surface area contributed by atoms with E-state index in [9.17, 15) is 4.79 Å². The minimum atomic E-state index is -0.269. The summed E-state index contributed by atoms with van der Waals surface area (Å²) in [4.78, 5) is 12.3. The van der Waals surface area contributed by atoms with E-state index < -0.39 is 0 Å². The fourth-order valence-corrected chi connectivity index (χ4v) is 2.91. The molecule has 0 aromatic heterocycles. The summed E-state index contributed by atoms with van der Waals surface area (Å²) in [7, 11) is 0. The maximum absolute atomic E-state index is 12.3. The predicted octanol–water partition coefficient (Wildman–Crippen LogP) is 6.90. The molecule has 2 heteroatoms. The highest BCUT2D eigenvalue weighted by atomic mass is 16.5. The van der Waals surface area contributed by atoms with E-state index in [-0.39, 0.29) is 17.3 Å². The molecule has 2 nitrogen and oxygen atoms in total. The number of carbonyl (C=O) groups excluding carboxylic acids is 1. The van der Waals surface area contributed by atoms with Crippen molar-refractivity contribution in [2.24, 2.45) is 11.3 Å². The summed E-state index contributed by atoms with van der Waals surface area (Å²) in [5.74, 6) is 0.556. The van der Waals surface area contributed by atoms with Gasteiger partial charge < -0.3 is 4.74 Å². The van der Waals surface area contributed by atoms with E-state index >= 15 is 0 Å². The largest absolute Gasteiger partial charge is 0.461 e. The van der Waals surface area contributed by atoms with E-state index in [4.69, 9.17) is 4.74 Å². The standard InChI is InChI=1S/C26H34O2/c1-19(2)17-22-9-11-23(12-10-22)20(3)18-28-25(27)24-13-7-21(8-14-24)15-16-26(4,5)6/h7-16,19-20H,17-18H2,1-6H3/b16-15+. The molecule has 0 saturated heterocycles. The molecule has 2 aromatic rings. The van der Waals surface area contributed by atoms with Crippen LogP contribution in [0.2, 0.25) is 0 Å². The fourth-order valence-electron chi connectivity index (χ4n) is 2.91. The number of rotatable bonds is 7. The zero-order chi connectivity index (χ0) is 20.7. The van der Waals surface area contributed by atoms with Crippen LogP contribution in [0.5, 0.6) is 0 Å². The Morgan fingerprint density at radius 2 is 1.57 bits per heavy atom. The van der Waals surface area contributed by atoms with Crippen LogP contribution in [0.1, 0.15) is 74.5 Å². The molecule has 1 unspecified atom stereocenters. The molecule has 2 aromatic carbocycles. The van der Waals surface area contributed by atoms with Gasteiger partial charge in [0.2, 0.25) is 0 Å². The maximum atomic E-state index is 12.3. The highest BCUT2D eigenvalue weighted by molar-refractivity contribution is 5.89. The molecule has 0 spiro atoms. The van der Waals surface area contributed by atoms with E-state index in [1.165, 1.54) is 11.1 Å². The van der Waals surface area contributed by atoms with Crippen molar-refractivity contribution >= 4 is 12.0 Å². The van der Waals surface area contributed by atoms with Gasteiger partial charge in [-0.25, -0.2) is 4.79 Å². The second-order valence-electron chi connectivity index (χ2n) is 9.16. The van der Waals surface area contributed by atoms with Crippen molar-refractivity contribution in [1.82, 2.24) is 0 Å².